The summed E-state index contributed by atoms with van der Waals surface area (Å²) in [6, 6.07) is 10.7. The molecule has 194 valence electrons. The lowest BCUT2D eigenvalue weighted by atomic mass is 9.77. The third-order valence-electron chi connectivity index (χ3n) is 7.01. The van der Waals surface area contributed by atoms with Gasteiger partial charge in [-0.3, -0.25) is 0 Å². The van der Waals surface area contributed by atoms with Gasteiger partial charge in [0.15, 0.2) is 11.6 Å². The van der Waals surface area contributed by atoms with Crippen molar-refractivity contribution >= 4 is 0 Å². The lowest BCUT2D eigenvalue weighted by Crippen LogP contribution is -2.24. The van der Waals surface area contributed by atoms with Gasteiger partial charge in [0.1, 0.15) is 34.6 Å². The van der Waals surface area contributed by atoms with Crippen LogP contribution in [-0.4, -0.2) is 0 Å². The first kappa shape index (κ1) is 26.6. The van der Waals surface area contributed by atoms with Gasteiger partial charge in [0, 0.05) is 17.7 Å². The summed E-state index contributed by atoms with van der Waals surface area (Å²) < 4.78 is 90.8. The molecule has 0 amide bonds. The second kappa shape index (κ2) is 10.9. The van der Waals surface area contributed by atoms with E-state index in [0.717, 1.165) is 30.4 Å². The topological polar surface area (TPSA) is 33.0 Å². The molecule has 4 rings (SSSR count). The van der Waals surface area contributed by atoms with Crippen LogP contribution in [0.25, 0.3) is 11.1 Å². The number of hydrogen-bond acceptors (Lipinski definition) is 2. The average Bonchev–Trinajstić information content (AvgIpc) is 2.86. The fourth-order valence-electron chi connectivity index (χ4n) is 5.04. The van der Waals surface area contributed by atoms with Crippen LogP contribution >= 0.6 is 0 Å². The maximum atomic E-state index is 14.9. The Kier molecular flexibility index (Phi) is 7.82. The van der Waals surface area contributed by atoms with Gasteiger partial charge in [0.05, 0.1) is 0 Å². The van der Waals surface area contributed by atoms with E-state index >= 15 is 0 Å². The predicted octanol–water partition coefficient (Wildman–Crippen LogP) is 8.98. The number of rotatable bonds is 7. The van der Waals surface area contributed by atoms with Crippen LogP contribution in [0.3, 0.4) is 0 Å². The van der Waals surface area contributed by atoms with Crippen LogP contribution in [0.1, 0.15) is 68.1 Å². The Balaban J connectivity index is 1.53. The van der Waals surface area contributed by atoms with Gasteiger partial charge in [-0.1, -0.05) is 50.1 Å². The van der Waals surface area contributed by atoms with Crippen LogP contribution < -0.4 is 4.74 Å². The van der Waals surface area contributed by atoms with Crippen molar-refractivity contribution in [2.24, 2.45) is 5.92 Å². The van der Waals surface area contributed by atoms with Crippen LogP contribution in [0.5, 0.6) is 5.75 Å². The fourth-order valence-corrected chi connectivity index (χ4v) is 5.04. The quantitative estimate of drug-likeness (QED) is 0.293. The zero-order chi connectivity index (χ0) is 26.7. The van der Waals surface area contributed by atoms with Gasteiger partial charge in [-0.05, 0) is 54.7 Å². The van der Waals surface area contributed by atoms with Crippen molar-refractivity contribution in [3.05, 3.63) is 88.5 Å². The normalized spacial score (nSPS) is 17.9. The standard InChI is InChI=1S/C29H25F6NO/c1-2-3-17-4-6-18(7-5-17)19-8-10-20(11-9-19)22-12-13-24(28(33)27(22)32)29(34,35)37-21-14-25(30)23(16-36)26(31)15-21/h8-15,17-18H,2-7H2,1H3. The Bertz CT molecular complexity index is 1280. The van der Waals surface area contributed by atoms with E-state index in [-0.39, 0.29) is 5.56 Å². The summed E-state index contributed by atoms with van der Waals surface area (Å²) in [7, 11) is 0. The van der Waals surface area contributed by atoms with E-state index in [9.17, 15) is 26.3 Å². The molecule has 3 aromatic carbocycles. The maximum absolute atomic E-state index is 14.9. The number of alkyl halides is 2. The Morgan fingerprint density at radius 3 is 2.08 bits per heavy atom. The molecule has 1 aliphatic rings. The first-order valence-corrected chi connectivity index (χ1v) is 12.2. The highest BCUT2D eigenvalue weighted by atomic mass is 19.3. The van der Waals surface area contributed by atoms with Crippen molar-refractivity contribution in [1.29, 1.82) is 5.26 Å². The largest absolute Gasteiger partial charge is 0.429 e. The van der Waals surface area contributed by atoms with Crippen LogP contribution in [0.2, 0.25) is 0 Å². The van der Waals surface area contributed by atoms with Crippen molar-refractivity contribution in [3.8, 4) is 22.9 Å². The van der Waals surface area contributed by atoms with Crippen LogP contribution in [-0.2, 0) is 6.11 Å². The van der Waals surface area contributed by atoms with E-state index < -0.39 is 46.3 Å². The predicted molar refractivity (Wildman–Crippen MR) is 127 cm³/mol. The van der Waals surface area contributed by atoms with Gasteiger partial charge in [0.2, 0.25) is 0 Å². The van der Waals surface area contributed by atoms with E-state index in [1.54, 1.807) is 12.1 Å². The smallest absolute Gasteiger partial charge is 0.429 e. The van der Waals surface area contributed by atoms with Gasteiger partial charge in [-0.15, -0.1) is 0 Å². The number of benzene rings is 3. The molecule has 2 nitrogen and oxygen atoms in total. The van der Waals surface area contributed by atoms with Crippen LogP contribution in [0.15, 0.2) is 48.5 Å². The van der Waals surface area contributed by atoms with Gasteiger partial charge >= 0.3 is 6.11 Å². The zero-order valence-electron chi connectivity index (χ0n) is 20.1. The maximum Gasteiger partial charge on any atom is 0.429 e. The molecular formula is C29H25F6NO. The minimum absolute atomic E-state index is 0.203. The van der Waals surface area contributed by atoms with E-state index in [2.05, 4.69) is 11.7 Å². The molecule has 1 aliphatic carbocycles. The van der Waals surface area contributed by atoms with E-state index in [0.29, 0.717) is 29.7 Å². The molecule has 0 aromatic heterocycles. The molecule has 0 heterocycles. The van der Waals surface area contributed by atoms with Crippen molar-refractivity contribution < 1.29 is 31.1 Å². The molecule has 0 unspecified atom stereocenters. The Morgan fingerprint density at radius 1 is 0.892 bits per heavy atom. The van der Waals surface area contributed by atoms with E-state index in [1.807, 2.05) is 12.1 Å². The SMILES string of the molecule is CCCC1CCC(c2ccc(-c3ccc(C(F)(F)Oc4cc(F)c(C#N)c(F)c4)c(F)c3F)cc2)CC1. The Hall–Kier alpha value is -3.47. The summed E-state index contributed by atoms with van der Waals surface area (Å²) in [6.07, 6.45) is 2.44. The summed E-state index contributed by atoms with van der Waals surface area (Å²) in [5.41, 5.74) is -1.18. The van der Waals surface area contributed by atoms with Crippen molar-refractivity contribution in [3.63, 3.8) is 0 Å². The highest BCUT2D eigenvalue weighted by molar-refractivity contribution is 5.65. The average molecular weight is 518 g/mol. The summed E-state index contributed by atoms with van der Waals surface area (Å²) in [4.78, 5) is 0. The Labute approximate surface area is 211 Å². The summed E-state index contributed by atoms with van der Waals surface area (Å²) in [5, 5.41) is 8.69. The summed E-state index contributed by atoms with van der Waals surface area (Å²) in [6.45, 7) is 2.19. The Morgan fingerprint density at radius 2 is 1.51 bits per heavy atom. The molecule has 3 aromatic rings. The monoisotopic (exact) mass is 517 g/mol. The van der Waals surface area contributed by atoms with Gasteiger partial charge in [-0.25, -0.2) is 17.6 Å². The minimum atomic E-state index is -4.45. The van der Waals surface area contributed by atoms with Gasteiger partial charge in [0.25, 0.3) is 0 Å². The zero-order valence-corrected chi connectivity index (χ0v) is 20.1. The van der Waals surface area contributed by atoms with Crippen molar-refractivity contribution in [2.75, 3.05) is 0 Å². The fraction of sp³-hybridized carbons (Fsp3) is 0.345. The molecular weight excluding hydrogens is 492 g/mol. The van der Waals surface area contributed by atoms with Crippen molar-refractivity contribution in [2.45, 2.75) is 57.5 Å². The third kappa shape index (κ3) is 5.61. The van der Waals surface area contributed by atoms with Crippen LogP contribution in [0.4, 0.5) is 26.3 Å². The van der Waals surface area contributed by atoms with E-state index in [1.165, 1.54) is 31.8 Å². The van der Waals surface area contributed by atoms with E-state index in [4.69, 9.17) is 5.26 Å². The first-order valence-electron chi connectivity index (χ1n) is 12.2. The summed E-state index contributed by atoms with van der Waals surface area (Å²) >= 11 is 0. The lowest BCUT2D eigenvalue weighted by molar-refractivity contribution is -0.187. The molecule has 37 heavy (non-hydrogen) atoms. The number of nitriles is 1. The highest BCUT2D eigenvalue weighted by Gasteiger charge is 2.40. The third-order valence-corrected chi connectivity index (χ3v) is 7.01. The molecule has 0 saturated heterocycles. The highest BCUT2D eigenvalue weighted by Crippen LogP contribution is 2.40. The second-order valence-corrected chi connectivity index (χ2v) is 9.41. The summed E-state index contributed by atoms with van der Waals surface area (Å²) in [5.74, 6) is -6.00. The van der Waals surface area contributed by atoms with Gasteiger partial charge in [-0.2, -0.15) is 14.0 Å². The van der Waals surface area contributed by atoms with Crippen LogP contribution in [0, 0.1) is 40.5 Å². The molecule has 1 fully saturated rings. The number of halogens is 6. The first-order chi connectivity index (χ1) is 17.6. The molecule has 0 bridgehead atoms. The minimum Gasteiger partial charge on any atom is -0.429 e. The molecule has 0 radical (unpaired) electrons. The lowest BCUT2D eigenvalue weighted by Gasteiger charge is -2.28. The molecule has 1 saturated carbocycles. The second-order valence-electron chi connectivity index (χ2n) is 9.41. The van der Waals surface area contributed by atoms with Crippen molar-refractivity contribution in [1.82, 2.24) is 0 Å². The molecule has 0 spiro atoms. The number of nitrogens with zero attached hydrogens (tertiary/aromatic N) is 1. The molecule has 8 heteroatoms. The molecule has 0 atom stereocenters. The number of ether oxygens (including phenoxy) is 1. The van der Waals surface area contributed by atoms with Gasteiger partial charge < -0.3 is 4.74 Å². The number of hydrogen-bond donors (Lipinski definition) is 0. The molecule has 0 aliphatic heterocycles. The molecule has 0 N–H and O–H groups in total.